The number of anilines is 1. The summed E-state index contributed by atoms with van der Waals surface area (Å²) in [5.41, 5.74) is -0.629. The van der Waals surface area contributed by atoms with Gasteiger partial charge in [-0.05, 0) is 44.2 Å². The summed E-state index contributed by atoms with van der Waals surface area (Å²) in [6.07, 6.45) is 5.43. The molecule has 150 valence electrons. The van der Waals surface area contributed by atoms with Crippen molar-refractivity contribution in [3.63, 3.8) is 0 Å². The second kappa shape index (κ2) is 7.00. The van der Waals surface area contributed by atoms with E-state index in [0.29, 0.717) is 24.2 Å². The van der Waals surface area contributed by atoms with Crippen molar-refractivity contribution >= 4 is 35.2 Å². The van der Waals surface area contributed by atoms with E-state index in [1.54, 1.807) is 4.57 Å². The van der Waals surface area contributed by atoms with Crippen LogP contribution in [-0.2, 0) is 0 Å². The molecule has 1 aliphatic carbocycles. The zero-order valence-electron chi connectivity index (χ0n) is 15.2. The van der Waals surface area contributed by atoms with Crippen LogP contribution in [0.1, 0.15) is 42.1 Å². The minimum atomic E-state index is -1.30. The van der Waals surface area contributed by atoms with Gasteiger partial charge < -0.3 is 19.9 Å². The predicted molar refractivity (Wildman–Crippen MR) is 105 cm³/mol. The van der Waals surface area contributed by atoms with E-state index in [0.717, 1.165) is 38.8 Å². The molecule has 5 rings (SSSR count). The van der Waals surface area contributed by atoms with Gasteiger partial charge in [-0.25, -0.2) is 14.2 Å². The van der Waals surface area contributed by atoms with Gasteiger partial charge in [-0.1, -0.05) is 0 Å². The molecule has 0 spiro atoms. The summed E-state index contributed by atoms with van der Waals surface area (Å²) in [5, 5.41) is 12.9. The number of nitrogens with zero attached hydrogens (tertiary/aromatic N) is 3. The van der Waals surface area contributed by atoms with E-state index in [1.807, 2.05) is 4.90 Å². The van der Waals surface area contributed by atoms with Crippen molar-refractivity contribution in [3.05, 3.63) is 33.9 Å². The Hall–Kier alpha value is -2.19. The Morgan fingerprint density at radius 1 is 1.29 bits per heavy atom. The van der Waals surface area contributed by atoms with E-state index in [9.17, 15) is 19.1 Å². The molecule has 2 N–H and O–H groups in total. The van der Waals surface area contributed by atoms with E-state index < -0.39 is 17.2 Å². The molecule has 2 aromatic heterocycles. The molecule has 2 aromatic rings. The van der Waals surface area contributed by atoms with Crippen LogP contribution < -0.4 is 15.6 Å². The number of fused-ring (bicyclic) bond motifs is 2. The number of hydrogen-bond donors (Lipinski definition) is 2. The first kappa shape index (κ1) is 19.1. The molecule has 3 aliphatic rings. The van der Waals surface area contributed by atoms with Gasteiger partial charge in [0.05, 0.1) is 5.39 Å². The number of aromatic carboxylic acids is 1. The largest absolute Gasteiger partial charge is 0.477 e. The van der Waals surface area contributed by atoms with Crippen LogP contribution in [0.15, 0.2) is 17.1 Å². The number of carboxylic acid groups (broad SMARTS) is 1. The summed E-state index contributed by atoms with van der Waals surface area (Å²) < 4.78 is 16.6. The molecule has 28 heavy (non-hydrogen) atoms. The summed E-state index contributed by atoms with van der Waals surface area (Å²) in [7, 11) is 0. The molecule has 2 atom stereocenters. The van der Waals surface area contributed by atoms with Crippen molar-refractivity contribution in [2.75, 3.05) is 24.5 Å². The third-order valence-electron chi connectivity index (χ3n) is 6.01. The zero-order chi connectivity index (χ0) is 18.7. The van der Waals surface area contributed by atoms with Crippen LogP contribution in [0.2, 0.25) is 0 Å². The molecule has 1 saturated carbocycles. The predicted octanol–water partition coefficient (Wildman–Crippen LogP) is 2.18. The van der Waals surface area contributed by atoms with Gasteiger partial charge in [0.25, 0.3) is 0 Å². The fraction of sp³-hybridized carbons (Fsp3) is 0.526. The highest BCUT2D eigenvalue weighted by molar-refractivity contribution is 5.92. The number of pyridine rings is 2. The Labute approximate surface area is 167 Å². The molecule has 0 bridgehead atoms. The van der Waals surface area contributed by atoms with Gasteiger partial charge in [0, 0.05) is 31.4 Å². The third kappa shape index (κ3) is 3.04. The lowest BCUT2D eigenvalue weighted by Gasteiger charge is -2.24. The van der Waals surface area contributed by atoms with Crippen molar-refractivity contribution in [1.82, 2.24) is 14.9 Å². The van der Waals surface area contributed by atoms with Crippen LogP contribution in [0.3, 0.4) is 0 Å². The second-order valence-corrected chi connectivity index (χ2v) is 7.85. The van der Waals surface area contributed by atoms with Crippen LogP contribution >= 0.6 is 12.4 Å². The molecule has 2 aliphatic heterocycles. The SMILES string of the molecule is Cl.O=C(O)c1cn(C2CC2)c2nc(N3C[C@@H]4CCCN[C@@H]4C3)c(F)cc2c1=O. The minimum Gasteiger partial charge on any atom is -0.477 e. The van der Waals surface area contributed by atoms with E-state index in [-0.39, 0.29) is 35.2 Å². The van der Waals surface area contributed by atoms with Crippen molar-refractivity contribution in [2.45, 2.75) is 37.8 Å². The van der Waals surface area contributed by atoms with Gasteiger partial charge in [0.1, 0.15) is 11.2 Å². The fourth-order valence-corrected chi connectivity index (χ4v) is 4.46. The number of halogens is 2. The molecule has 0 unspecified atom stereocenters. The highest BCUT2D eigenvalue weighted by atomic mass is 35.5. The van der Waals surface area contributed by atoms with Crippen LogP contribution in [-0.4, -0.2) is 46.3 Å². The lowest BCUT2D eigenvalue weighted by Crippen LogP contribution is -2.40. The molecule has 0 aromatic carbocycles. The maximum absolute atomic E-state index is 14.9. The fourth-order valence-electron chi connectivity index (χ4n) is 4.46. The average Bonchev–Trinajstić information content (AvgIpc) is 3.39. The zero-order valence-corrected chi connectivity index (χ0v) is 16.0. The van der Waals surface area contributed by atoms with Gasteiger partial charge in [-0.2, -0.15) is 0 Å². The highest BCUT2D eigenvalue weighted by Gasteiger charge is 2.36. The van der Waals surface area contributed by atoms with Crippen molar-refractivity contribution < 1.29 is 14.3 Å². The maximum Gasteiger partial charge on any atom is 0.341 e. The Morgan fingerprint density at radius 2 is 2.07 bits per heavy atom. The van der Waals surface area contributed by atoms with Crippen LogP contribution in [0.25, 0.3) is 11.0 Å². The number of rotatable bonds is 3. The number of piperidine rings is 1. The lowest BCUT2D eigenvalue weighted by molar-refractivity contribution is 0.0695. The van der Waals surface area contributed by atoms with E-state index in [2.05, 4.69) is 10.3 Å². The summed E-state index contributed by atoms with van der Waals surface area (Å²) in [4.78, 5) is 30.4. The first-order chi connectivity index (χ1) is 13.0. The Kier molecular flexibility index (Phi) is 4.79. The number of nitrogens with one attached hydrogen (secondary N) is 1. The number of carboxylic acids is 1. The van der Waals surface area contributed by atoms with Crippen molar-refractivity contribution in [3.8, 4) is 0 Å². The first-order valence-electron chi connectivity index (χ1n) is 9.50. The lowest BCUT2D eigenvalue weighted by atomic mass is 9.94. The second-order valence-electron chi connectivity index (χ2n) is 7.85. The van der Waals surface area contributed by atoms with Gasteiger partial charge in [-0.15, -0.1) is 12.4 Å². The summed E-state index contributed by atoms with van der Waals surface area (Å²) in [5.74, 6) is -1.12. The Morgan fingerprint density at radius 3 is 2.75 bits per heavy atom. The minimum absolute atomic E-state index is 0. The molecule has 0 radical (unpaired) electrons. The van der Waals surface area contributed by atoms with E-state index in [1.165, 1.54) is 12.3 Å². The van der Waals surface area contributed by atoms with E-state index >= 15 is 0 Å². The van der Waals surface area contributed by atoms with Gasteiger partial charge in [0.15, 0.2) is 11.6 Å². The summed E-state index contributed by atoms with van der Waals surface area (Å²) in [6.45, 7) is 2.43. The van der Waals surface area contributed by atoms with Crippen LogP contribution in [0.4, 0.5) is 10.2 Å². The molecular weight excluding hydrogens is 387 g/mol. The van der Waals surface area contributed by atoms with Crippen molar-refractivity contribution in [1.29, 1.82) is 0 Å². The standard InChI is InChI=1S/C19H21FN4O3.ClH/c20-14-6-12-16(25)13(19(26)27)8-24(11-3-4-11)17(12)22-18(14)23-7-10-2-1-5-21-15(10)9-23;/h6,8,10-11,15,21H,1-5,7,9H2,(H,26,27);1H/t10-,15+;/m0./s1. The van der Waals surface area contributed by atoms with E-state index in [4.69, 9.17) is 0 Å². The first-order valence-corrected chi connectivity index (χ1v) is 9.50. The number of carbonyl (C=O) groups is 1. The molecule has 4 heterocycles. The quantitative estimate of drug-likeness (QED) is 0.809. The molecule has 3 fully saturated rings. The van der Waals surface area contributed by atoms with Crippen molar-refractivity contribution in [2.24, 2.45) is 5.92 Å². The Balaban J connectivity index is 0.00000192. The smallest absolute Gasteiger partial charge is 0.341 e. The molecule has 7 nitrogen and oxygen atoms in total. The highest BCUT2D eigenvalue weighted by Crippen LogP contribution is 2.37. The number of hydrogen-bond acceptors (Lipinski definition) is 5. The molecule has 0 amide bonds. The molecular formula is C19H22ClFN4O3. The normalized spacial score (nSPS) is 24.1. The molecule has 9 heteroatoms. The van der Waals surface area contributed by atoms with Gasteiger partial charge in [0.2, 0.25) is 5.43 Å². The topological polar surface area (TPSA) is 87.5 Å². The van der Waals surface area contributed by atoms with Gasteiger partial charge in [-0.3, -0.25) is 4.79 Å². The monoisotopic (exact) mass is 408 g/mol. The third-order valence-corrected chi connectivity index (χ3v) is 6.01. The summed E-state index contributed by atoms with van der Waals surface area (Å²) in [6, 6.07) is 1.64. The molecule has 2 saturated heterocycles. The average molecular weight is 409 g/mol. The maximum atomic E-state index is 14.9. The van der Waals surface area contributed by atoms with Crippen LogP contribution in [0, 0.1) is 11.7 Å². The Bertz CT molecular complexity index is 993. The number of aromatic nitrogens is 2. The van der Waals surface area contributed by atoms with Gasteiger partial charge >= 0.3 is 5.97 Å². The van der Waals surface area contributed by atoms with Crippen LogP contribution in [0.5, 0.6) is 0 Å². The summed E-state index contributed by atoms with van der Waals surface area (Å²) >= 11 is 0.